The van der Waals surface area contributed by atoms with Gasteiger partial charge < -0.3 is 19.3 Å². The van der Waals surface area contributed by atoms with Gasteiger partial charge in [0, 0.05) is 30.9 Å². The van der Waals surface area contributed by atoms with E-state index in [1.807, 2.05) is 0 Å². The van der Waals surface area contributed by atoms with E-state index < -0.39 is 0 Å². The van der Waals surface area contributed by atoms with Crippen LogP contribution in [0, 0.1) is 11.8 Å². The second-order valence-corrected chi connectivity index (χ2v) is 7.86. The number of aliphatic hydroxyl groups is 1. The lowest BCUT2D eigenvalue weighted by atomic mass is 9.92. The van der Waals surface area contributed by atoms with Crippen molar-refractivity contribution in [2.24, 2.45) is 11.8 Å². The smallest absolute Gasteiger partial charge is 0.306 e. The van der Waals surface area contributed by atoms with Crippen LogP contribution in [0.5, 0.6) is 0 Å². The Morgan fingerprint density at radius 2 is 2.15 bits per heavy atom. The molecule has 6 heteroatoms. The van der Waals surface area contributed by atoms with E-state index in [0.717, 1.165) is 51.6 Å². The van der Waals surface area contributed by atoms with Crippen LogP contribution < -0.4 is 0 Å². The van der Waals surface area contributed by atoms with E-state index in [2.05, 4.69) is 18.7 Å². The number of rotatable bonds is 11. The number of hydrogen-bond donors (Lipinski definition) is 1. The summed E-state index contributed by atoms with van der Waals surface area (Å²) in [5.41, 5.74) is 0. The molecule has 27 heavy (non-hydrogen) atoms. The third-order valence-corrected chi connectivity index (χ3v) is 5.82. The molecule has 5 atom stereocenters. The minimum Gasteiger partial charge on any atom is -0.461 e. The molecule has 2 rings (SSSR count). The largest absolute Gasteiger partial charge is 0.461 e. The molecule has 1 N–H and O–H groups in total. The molecule has 1 unspecified atom stereocenters. The maximum Gasteiger partial charge on any atom is 0.306 e. The van der Waals surface area contributed by atoms with E-state index >= 15 is 0 Å². The fraction of sp³-hybridized carbons (Fsp3) is 0.762. The summed E-state index contributed by atoms with van der Waals surface area (Å²) in [5.74, 6) is 0.0424. The topological polar surface area (TPSA) is 65.0 Å². The van der Waals surface area contributed by atoms with Gasteiger partial charge in [0.05, 0.1) is 6.10 Å². The summed E-state index contributed by atoms with van der Waals surface area (Å²) in [6, 6.07) is 0. The van der Waals surface area contributed by atoms with Gasteiger partial charge >= 0.3 is 5.97 Å². The van der Waals surface area contributed by atoms with Gasteiger partial charge in [-0.05, 0) is 50.9 Å². The van der Waals surface area contributed by atoms with Crippen molar-refractivity contribution in [2.75, 3.05) is 19.8 Å². The minimum absolute atomic E-state index is 0.00530. The molecule has 2 fully saturated rings. The molecule has 2 aliphatic rings. The molecule has 0 bridgehead atoms. The SMILES string of the molecule is C=CCOC(=O)CCCC=CC[C@@H]1[C@@H](CO)[C@H](OC2CCCCO2)C[C@@H]1Cl. The minimum atomic E-state index is -0.190. The molecule has 0 aromatic heterocycles. The van der Waals surface area contributed by atoms with Crippen molar-refractivity contribution in [3.05, 3.63) is 24.8 Å². The van der Waals surface area contributed by atoms with Crippen molar-refractivity contribution in [3.8, 4) is 0 Å². The Hall–Kier alpha value is -0.880. The molecule has 0 spiro atoms. The third kappa shape index (κ3) is 7.57. The number of esters is 1. The highest BCUT2D eigenvalue weighted by Crippen LogP contribution is 2.41. The molecular weight excluding hydrogens is 368 g/mol. The van der Waals surface area contributed by atoms with Crippen LogP contribution in [0.4, 0.5) is 0 Å². The fourth-order valence-corrected chi connectivity index (χ4v) is 4.29. The number of alkyl halides is 1. The summed E-state index contributed by atoms with van der Waals surface area (Å²) >= 11 is 6.56. The average Bonchev–Trinajstić information content (AvgIpc) is 2.97. The standard InChI is InChI=1S/C21H33ClO5/c1-2-12-25-20(24)10-6-4-3-5-9-16-17(15-23)19(14-18(16)22)27-21-11-7-8-13-26-21/h2-3,5,16-19,21,23H,1,4,6-15H2/t16-,17-,18+,19-,21?/m1/s1. The average molecular weight is 401 g/mol. The third-order valence-electron chi connectivity index (χ3n) is 5.31. The Balaban J connectivity index is 1.71. The van der Waals surface area contributed by atoms with Crippen LogP contribution in [0.3, 0.4) is 0 Å². The van der Waals surface area contributed by atoms with Crippen molar-refractivity contribution >= 4 is 17.6 Å². The number of ether oxygens (including phenoxy) is 3. The van der Waals surface area contributed by atoms with Gasteiger partial charge in [0.1, 0.15) is 6.61 Å². The molecule has 5 nitrogen and oxygen atoms in total. The Morgan fingerprint density at radius 3 is 2.85 bits per heavy atom. The van der Waals surface area contributed by atoms with Gasteiger partial charge in [0.25, 0.3) is 0 Å². The molecule has 1 saturated carbocycles. The number of allylic oxidation sites excluding steroid dienone is 2. The Bertz CT molecular complexity index is 475. The molecule has 1 aliphatic heterocycles. The summed E-state index contributed by atoms with van der Waals surface area (Å²) in [6.07, 6.45) is 12.2. The molecule has 154 valence electrons. The summed E-state index contributed by atoms with van der Waals surface area (Å²) in [7, 11) is 0. The predicted octanol–water partition coefficient (Wildman–Crippen LogP) is 3.98. The number of aliphatic hydroxyl groups excluding tert-OH is 1. The molecule has 1 heterocycles. The second kappa shape index (κ2) is 12.6. The number of halogens is 1. The van der Waals surface area contributed by atoms with Gasteiger partial charge in [-0.1, -0.05) is 24.8 Å². The van der Waals surface area contributed by atoms with E-state index in [9.17, 15) is 9.90 Å². The zero-order chi connectivity index (χ0) is 19.5. The van der Waals surface area contributed by atoms with Gasteiger partial charge in [0.2, 0.25) is 0 Å². The van der Waals surface area contributed by atoms with Crippen molar-refractivity contribution in [3.63, 3.8) is 0 Å². The van der Waals surface area contributed by atoms with E-state index in [4.69, 9.17) is 25.8 Å². The predicted molar refractivity (Wildman–Crippen MR) is 106 cm³/mol. The second-order valence-electron chi connectivity index (χ2n) is 7.30. The zero-order valence-electron chi connectivity index (χ0n) is 16.1. The van der Waals surface area contributed by atoms with Crippen molar-refractivity contribution in [1.82, 2.24) is 0 Å². The van der Waals surface area contributed by atoms with Crippen molar-refractivity contribution in [1.29, 1.82) is 0 Å². The van der Waals surface area contributed by atoms with Gasteiger partial charge in [-0.3, -0.25) is 4.79 Å². The highest BCUT2D eigenvalue weighted by atomic mass is 35.5. The van der Waals surface area contributed by atoms with E-state index in [0.29, 0.717) is 6.42 Å². The lowest BCUT2D eigenvalue weighted by Gasteiger charge is -2.29. The summed E-state index contributed by atoms with van der Waals surface area (Å²) in [5, 5.41) is 9.86. The van der Waals surface area contributed by atoms with Crippen LogP contribution in [0.25, 0.3) is 0 Å². The quantitative estimate of drug-likeness (QED) is 0.246. The first-order chi connectivity index (χ1) is 13.2. The highest BCUT2D eigenvalue weighted by Gasteiger charge is 2.43. The van der Waals surface area contributed by atoms with Crippen LogP contribution in [0.1, 0.15) is 51.4 Å². The Morgan fingerprint density at radius 1 is 1.30 bits per heavy atom. The van der Waals surface area contributed by atoms with E-state index in [1.165, 1.54) is 0 Å². The van der Waals surface area contributed by atoms with Gasteiger partial charge in [-0.2, -0.15) is 0 Å². The van der Waals surface area contributed by atoms with Crippen LogP contribution in [-0.4, -0.2) is 48.7 Å². The molecular formula is C21H33ClO5. The number of unbranched alkanes of at least 4 members (excludes halogenated alkanes) is 1. The molecule has 0 aromatic rings. The summed E-state index contributed by atoms with van der Waals surface area (Å²) < 4.78 is 16.7. The van der Waals surface area contributed by atoms with Crippen LogP contribution in [0.2, 0.25) is 0 Å². The van der Waals surface area contributed by atoms with Crippen LogP contribution >= 0.6 is 11.6 Å². The van der Waals surface area contributed by atoms with Crippen LogP contribution in [-0.2, 0) is 19.0 Å². The van der Waals surface area contributed by atoms with Gasteiger partial charge in [-0.25, -0.2) is 0 Å². The maximum absolute atomic E-state index is 11.4. The molecule has 0 radical (unpaired) electrons. The molecule has 0 amide bonds. The Kier molecular flexibility index (Phi) is 10.4. The molecule has 1 saturated heterocycles. The first kappa shape index (κ1) is 22.4. The monoisotopic (exact) mass is 400 g/mol. The highest BCUT2D eigenvalue weighted by molar-refractivity contribution is 6.21. The summed E-state index contributed by atoms with van der Waals surface area (Å²) in [6.45, 7) is 4.61. The van der Waals surface area contributed by atoms with Crippen molar-refractivity contribution < 1.29 is 24.1 Å². The van der Waals surface area contributed by atoms with Crippen molar-refractivity contribution in [2.45, 2.75) is 69.1 Å². The normalized spacial score (nSPS) is 31.3. The fourth-order valence-electron chi connectivity index (χ4n) is 3.82. The first-order valence-electron chi connectivity index (χ1n) is 10.1. The van der Waals surface area contributed by atoms with Gasteiger partial charge in [0.15, 0.2) is 6.29 Å². The van der Waals surface area contributed by atoms with Gasteiger partial charge in [-0.15, -0.1) is 11.6 Å². The molecule has 0 aromatic carbocycles. The first-order valence-corrected chi connectivity index (χ1v) is 10.5. The maximum atomic E-state index is 11.4. The van der Waals surface area contributed by atoms with E-state index in [-0.39, 0.29) is 48.8 Å². The number of carbonyl (C=O) groups is 1. The Labute approximate surface area is 167 Å². The van der Waals surface area contributed by atoms with Crippen LogP contribution in [0.15, 0.2) is 24.8 Å². The lowest BCUT2D eigenvalue weighted by molar-refractivity contribution is -0.197. The summed E-state index contributed by atoms with van der Waals surface area (Å²) in [4.78, 5) is 11.4. The number of hydrogen-bond acceptors (Lipinski definition) is 5. The molecule has 1 aliphatic carbocycles. The van der Waals surface area contributed by atoms with E-state index in [1.54, 1.807) is 6.08 Å². The number of carbonyl (C=O) groups excluding carboxylic acids is 1. The lowest BCUT2D eigenvalue weighted by Crippen LogP contribution is -2.32. The zero-order valence-corrected chi connectivity index (χ0v) is 16.8.